The first-order valence-corrected chi connectivity index (χ1v) is 7.61. The number of carbonyl (C=O) groups is 1. The Morgan fingerprint density at radius 2 is 1.93 bits per heavy atom. The largest absolute Gasteiger partial charge is 0.447 e. The molecule has 1 atom stereocenters. The summed E-state index contributed by atoms with van der Waals surface area (Å²) in [4.78, 5) is 11.1. The van der Waals surface area contributed by atoms with Gasteiger partial charge >= 0.3 is 12.3 Å². The molecule has 0 aliphatic carbocycles. The molecule has 0 radical (unpaired) electrons. The number of hydrogen-bond donors (Lipinski definition) is 0. The minimum Gasteiger partial charge on any atom is -0.447 e. The highest BCUT2D eigenvalue weighted by Gasteiger charge is 2.54. The molecule has 1 aliphatic rings. The molecule has 1 fully saturated rings. The van der Waals surface area contributed by atoms with Crippen LogP contribution in [0.15, 0.2) is 0 Å². The zero-order valence-corrected chi connectivity index (χ0v) is 9.18. The normalized spacial score (nSPS) is 24.0. The van der Waals surface area contributed by atoms with E-state index in [1.54, 1.807) is 19.6 Å². The Balaban J connectivity index is 2.94. The van der Waals surface area contributed by atoms with Crippen LogP contribution >= 0.6 is 0 Å². The second-order valence-electron chi connectivity index (χ2n) is 4.18. The van der Waals surface area contributed by atoms with Crippen molar-refractivity contribution in [3.05, 3.63) is 0 Å². The number of amides is 1. The Bertz CT molecular complexity index is 248. The standard InChI is InChI=1S/C7H12F3NO2Si/c1-14(2,3)11-5(7(8,9)10)4-13-6(11)12/h5H,4H2,1-3H3. The Morgan fingerprint density at radius 1 is 1.43 bits per heavy atom. The fourth-order valence-electron chi connectivity index (χ4n) is 1.40. The summed E-state index contributed by atoms with van der Waals surface area (Å²) in [5, 5.41) is 0. The van der Waals surface area contributed by atoms with Crippen molar-refractivity contribution in [1.82, 2.24) is 4.57 Å². The van der Waals surface area contributed by atoms with Crippen LogP contribution in [0.2, 0.25) is 19.6 Å². The van der Waals surface area contributed by atoms with Crippen molar-refractivity contribution in [3.8, 4) is 0 Å². The highest BCUT2D eigenvalue weighted by molar-refractivity contribution is 6.75. The first-order valence-electron chi connectivity index (χ1n) is 4.17. The molecule has 14 heavy (non-hydrogen) atoms. The third kappa shape index (κ3) is 2.02. The molecule has 3 nitrogen and oxygen atoms in total. The van der Waals surface area contributed by atoms with Crippen LogP contribution in [-0.4, -0.2) is 37.7 Å². The van der Waals surface area contributed by atoms with E-state index in [0.717, 1.165) is 4.57 Å². The van der Waals surface area contributed by atoms with Crippen LogP contribution in [0.5, 0.6) is 0 Å². The molecule has 0 N–H and O–H groups in total. The maximum absolute atomic E-state index is 12.5. The van der Waals surface area contributed by atoms with E-state index < -0.39 is 33.2 Å². The number of nitrogens with zero attached hydrogens (tertiary/aromatic N) is 1. The molecule has 1 heterocycles. The molecule has 0 saturated carbocycles. The molecule has 0 aromatic carbocycles. The summed E-state index contributed by atoms with van der Waals surface area (Å²) >= 11 is 0. The Kier molecular flexibility index (Phi) is 2.55. The van der Waals surface area contributed by atoms with E-state index in [4.69, 9.17) is 0 Å². The fourth-order valence-corrected chi connectivity index (χ4v) is 3.17. The minimum absolute atomic E-state index is 0.577. The molecule has 0 spiro atoms. The average molecular weight is 227 g/mol. The molecule has 0 bridgehead atoms. The lowest BCUT2D eigenvalue weighted by atomic mass is 10.3. The number of carbonyl (C=O) groups excluding carboxylic acids is 1. The van der Waals surface area contributed by atoms with Crippen LogP contribution in [0.25, 0.3) is 0 Å². The quantitative estimate of drug-likeness (QED) is 0.643. The van der Waals surface area contributed by atoms with Crippen LogP contribution < -0.4 is 0 Å². The van der Waals surface area contributed by atoms with Crippen molar-refractivity contribution in [2.24, 2.45) is 0 Å². The number of hydrogen-bond acceptors (Lipinski definition) is 2. The molecular weight excluding hydrogens is 215 g/mol. The van der Waals surface area contributed by atoms with Crippen LogP contribution in [0, 0.1) is 0 Å². The lowest BCUT2D eigenvalue weighted by Crippen LogP contribution is -2.56. The second-order valence-corrected chi connectivity index (χ2v) is 9.00. The van der Waals surface area contributed by atoms with E-state index in [-0.39, 0.29) is 0 Å². The number of rotatable bonds is 1. The fraction of sp³-hybridized carbons (Fsp3) is 0.857. The third-order valence-corrected chi connectivity index (χ3v) is 3.91. The molecule has 1 aliphatic heterocycles. The van der Waals surface area contributed by atoms with Gasteiger partial charge in [0.2, 0.25) is 0 Å². The van der Waals surface area contributed by atoms with Gasteiger partial charge in [0.15, 0.2) is 14.3 Å². The average Bonchev–Trinajstić information content (AvgIpc) is 2.27. The van der Waals surface area contributed by atoms with Gasteiger partial charge in [0.05, 0.1) is 0 Å². The summed E-state index contributed by atoms with van der Waals surface area (Å²) in [6.45, 7) is 4.46. The molecule has 1 unspecified atom stereocenters. The Labute approximate surface area is 80.9 Å². The lowest BCUT2D eigenvalue weighted by Gasteiger charge is -2.33. The van der Waals surface area contributed by atoms with Crippen LogP contribution in [-0.2, 0) is 4.74 Å². The number of ether oxygens (including phenoxy) is 1. The van der Waals surface area contributed by atoms with Crippen molar-refractivity contribution in [1.29, 1.82) is 0 Å². The number of halogens is 3. The molecule has 0 aromatic heterocycles. The van der Waals surface area contributed by atoms with E-state index in [9.17, 15) is 18.0 Å². The van der Waals surface area contributed by atoms with E-state index in [1.165, 1.54) is 0 Å². The van der Waals surface area contributed by atoms with Gasteiger partial charge in [-0.15, -0.1) is 0 Å². The second kappa shape index (κ2) is 3.15. The zero-order chi connectivity index (χ0) is 11.1. The van der Waals surface area contributed by atoms with Crippen molar-refractivity contribution in [3.63, 3.8) is 0 Å². The zero-order valence-electron chi connectivity index (χ0n) is 8.18. The van der Waals surface area contributed by atoms with Crippen LogP contribution in [0.1, 0.15) is 0 Å². The van der Waals surface area contributed by atoms with Crippen molar-refractivity contribution < 1.29 is 22.7 Å². The summed E-state index contributed by atoms with van der Waals surface area (Å²) in [5.74, 6) is 0. The Hall–Kier alpha value is -0.723. The summed E-state index contributed by atoms with van der Waals surface area (Å²) in [5.41, 5.74) is 0. The first kappa shape index (κ1) is 11.4. The van der Waals surface area contributed by atoms with E-state index in [0.29, 0.717) is 0 Å². The van der Waals surface area contributed by atoms with Gasteiger partial charge in [-0.3, -0.25) is 0 Å². The van der Waals surface area contributed by atoms with Crippen molar-refractivity contribution in [2.45, 2.75) is 31.9 Å². The van der Waals surface area contributed by atoms with E-state index >= 15 is 0 Å². The lowest BCUT2D eigenvalue weighted by molar-refractivity contribution is -0.163. The van der Waals surface area contributed by atoms with Gasteiger partial charge in [-0.1, -0.05) is 19.6 Å². The number of alkyl halides is 3. The van der Waals surface area contributed by atoms with Gasteiger partial charge in [0.25, 0.3) is 0 Å². The summed E-state index contributed by atoms with van der Waals surface area (Å²) in [6, 6.07) is -1.76. The molecular formula is C7H12F3NO2Si. The SMILES string of the molecule is C[Si](C)(C)N1C(=O)OCC1C(F)(F)F. The van der Waals surface area contributed by atoms with E-state index in [2.05, 4.69) is 4.74 Å². The predicted molar refractivity (Wildman–Crippen MR) is 46.4 cm³/mol. The molecule has 1 saturated heterocycles. The van der Waals surface area contributed by atoms with Crippen LogP contribution in [0.4, 0.5) is 18.0 Å². The minimum atomic E-state index is -4.40. The van der Waals surface area contributed by atoms with Gasteiger partial charge in [-0.05, 0) is 0 Å². The topological polar surface area (TPSA) is 29.5 Å². The van der Waals surface area contributed by atoms with E-state index in [1.807, 2.05) is 0 Å². The van der Waals surface area contributed by atoms with Gasteiger partial charge in [-0.2, -0.15) is 13.2 Å². The molecule has 1 rings (SSSR count). The molecule has 82 valence electrons. The van der Waals surface area contributed by atoms with Gasteiger partial charge in [0, 0.05) is 0 Å². The molecule has 7 heteroatoms. The summed E-state index contributed by atoms with van der Waals surface area (Å²) in [6.07, 6.45) is -5.24. The first-order chi connectivity index (χ1) is 6.14. The highest BCUT2D eigenvalue weighted by atomic mass is 28.3. The monoisotopic (exact) mass is 227 g/mol. The molecule has 0 aromatic rings. The maximum atomic E-state index is 12.5. The third-order valence-electron chi connectivity index (χ3n) is 1.97. The van der Waals surface area contributed by atoms with Crippen molar-refractivity contribution >= 4 is 14.3 Å². The van der Waals surface area contributed by atoms with Crippen LogP contribution in [0.3, 0.4) is 0 Å². The maximum Gasteiger partial charge on any atom is 0.411 e. The van der Waals surface area contributed by atoms with Gasteiger partial charge in [-0.25, -0.2) is 4.79 Å². The summed E-state index contributed by atoms with van der Waals surface area (Å²) in [7, 11) is -2.32. The smallest absolute Gasteiger partial charge is 0.411 e. The Morgan fingerprint density at radius 3 is 2.21 bits per heavy atom. The van der Waals surface area contributed by atoms with Crippen molar-refractivity contribution in [2.75, 3.05) is 6.61 Å². The van der Waals surface area contributed by atoms with Gasteiger partial charge < -0.3 is 9.30 Å². The van der Waals surface area contributed by atoms with Gasteiger partial charge in [0.1, 0.15) is 6.61 Å². The highest BCUT2D eigenvalue weighted by Crippen LogP contribution is 2.32. The summed E-state index contributed by atoms with van der Waals surface area (Å²) < 4.78 is 42.7. The number of cyclic esters (lactones) is 1. The molecule has 1 amide bonds. The predicted octanol–water partition coefficient (Wildman–Crippen LogP) is 2.20.